The van der Waals surface area contributed by atoms with Crippen molar-refractivity contribution < 1.29 is 4.74 Å². The van der Waals surface area contributed by atoms with Gasteiger partial charge >= 0.3 is 0 Å². The molecule has 1 saturated carbocycles. The molecule has 1 fully saturated rings. The van der Waals surface area contributed by atoms with Gasteiger partial charge in [-0.25, -0.2) is 0 Å². The minimum Gasteiger partial charge on any atom is -0.379 e. The van der Waals surface area contributed by atoms with Crippen LogP contribution in [-0.2, 0) is 4.74 Å². The summed E-state index contributed by atoms with van der Waals surface area (Å²) in [6, 6.07) is 0.00287. The highest BCUT2D eigenvalue weighted by molar-refractivity contribution is 5.05. The summed E-state index contributed by atoms with van der Waals surface area (Å²) in [4.78, 5) is 0. The van der Waals surface area contributed by atoms with Crippen LogP contribution in [0.4, 0.5) is 0 Å². The Morgan fingerprint density at radius 2 is 1.93 bits per heavy atom. The first-order chi connectivity index (χ1) is 6.66. The summed E-state index contributed by atoms with van der Waals surface area (Å²) < 4.78 is 5.53. The molecule has 2 atom stereocenters. The molecular weight excluding hydrogens is 174 g/mol. The van der Waals surface area contributed by atoms with E-state index in [1.807, 2.05) is 6.92 Å². The van der Waals surface area contributed by atoms with Gasteiger partial charge in [-0.05, 0) is 25.7 Å². The third kappa shape index (κ3) is 2.82. The molecule has 1 rings (SSSR count). The topological polar surface area (TPSA) is 35.2 Å². The van der Waals surface area contributed by atoms with Crippen LogP contribution < -0.4 is 5.73 Å². The fourth-order valence-electron chi connectivity index (χ4n) is 2.38. The highest BCUT2D eigenvalue weighted by atomic mass is 16.5. The van der Waals surface area contributed by atoms with Crippen molar-refractivity contribution in [1.29, 1.82) is 0 Å². The van der Waals surface area contributed by atoms with E-state index in [-0.39, 0.29) is 12.1 Å². The van der Waals surface area contributed by atoms with Crippen LogP contribution in [0.3, 0.4) is 0 Å². The van der Waals surface area contributed by atoms with E-state index in [0.29, 0.717) is 5.92 Å². The van der Waals surface area contributed by atoms with E-state index in [1.165, 1.54) is 32.1 Å². The van der Waals surface area contributed by atoms with E-state index in [0.717, 1.165) is 5.57 Å². The van der Waals surface area contributed by atoms with Gasteiger partial charge < -0.3 is 10.5 Å². The molecule has 2 nitrogen and oxygen atoms in total. The van der Waals surface area contributed by atoms with Crippen molar-refractivity contribution in [3.63, 3.8) is 0 Å². The average molecular weight is 197 g/mol. The van der Waals surface area contributed by atoms with Gasteiger partial charge in [0.1, 0.15) is 0 Å². The lowest BCUT2D eigenvalue weighted by Crippen LogP contribution is -2.42. The zero-order chi connectivity index (χ0) is 10.6. The van der Waals surface area contributed by atoms with Crippen LogP contribution in [0.25, 0.3) is 0 Å². The Hall–Kier alpha value is -0.340. The molecule has 0 aromatic heterocycles. The van der Waals surface area contributed by atoms with Crippen LogP contribution >= 0.6 is 0 Å². The molecule has 0 bridgehead atoms. The van der Waals surface area contributed by atoms with Crippen molar-refractivity contribution in [3.8, 4) is 0 Å². The van der Waals surface area contributed by atoms with Crippen molar-refractivity contribution in [2.75, 3.05) is 7.11 Å². The predicted molar refractivity (Wildman–Crippen MR) is 60.2 cm³/mol. The van der Waals surface area contributed by atoms with Crippen molar-refractivity contribution in [1.82, 2.24) is 0 Å². The summed E-state index contributed by atoms with van der Waals surface area (Å²) in [5.74, 6) is 0.639. The number of ether oxygens (including phenoxy) is 1. The summed E-state index contributed by atoms with van der Waals surface area (Å²) in [6.45, 7) is 5.90. The second-order valence-electron chi connectivity index (χ2n) is 4.47. The van der Waals surface area contributed by atoms with Crippen molar-refractivity contribution >= 4 is 0 Å². The van der Waals surface area contributed by atoms with Gasteiger partial charge in [-0.1, -0.05) is 31.4 Å². The average Bonchev–Trinajstić information content (AvgIpc) is 2.20. The van der Waals surface area contributed by atoms with Crippen LogP contribution in [-0.4, -0.2) is 19.3 Å². The quantitative estimate of drug-likeness (QED) is 0.703. The Bertz CT molecular complexity index is 185. The molecular formula is C12H23NO. The van der Waals surface area contributed by atoms with Gasteiger partial charge in [-0.3, -0.25) is 0 Å². The predicted octanol–water partition coefficient (Wildman–Crippen LogP) is 2.49. The largest absolute Gasteiger partial charge is 0.379 e. The zero-order valence-electron chi connectivity index (χ0n) is 9.46. The standard InChI is InChI=1S/C12H23NO/c1-9(2)11(13)12(14-3)10-7-5-4-6-8-10/h10-12H,1,4-8,13H2,2-3H3. The van der Waals surface area contributed by atoms with Crippen LogP contribution in [0.5, 0.6) is 0 Å². The molecule has 2 heteroatoms. The van der Waals surface area contributed by atoms with Gasteiger partial charge in [0, 0.05) is 7.11 Å². The molecule has 14 heavy (non-hydrogen) atoms. The molecule has 1 aliphatic rings. The van der Waals surface area contributed by atoms with E-state index >= 15 is 0 Å². The van der Waals surface area contributed by atoms with Crippen molar-refractivity contribution in [2.45, 2.75) is 51.2 Å². The molecule has 2 N–H and O–H groups in total. The minimum absolute atomic E-state index is 0.00287. The maximum absolute atomic E-state index is 6.08. The summed E-state index contributed by atoms with van der Waals surface area (Å²) in [6.07, 6.45) is 6.72. The Morgan fingerprint density at radius 1 is 1.36 bits per heavy atom. The Balaban J connectivity index is 2.55. The lowest BCUT2D eigenvalue weighted by molar-refractivity contribution is 0.0257. The SMILES string of the molecule is C=C(C)C(N)C(OC)C1CCCCC1. The number of hydrogen-bond acceptors (Lipinski definition) is 2. The number of nitrogens with two attached hydrogens (primary N) is 1. The second-order valence-corrected chi connectivity index (χ2v) is 4.47. The fourth-order valence-corrected chi connectivity index (χ4v) is 2.38. The lowest BCUT2D eigenvalue weighted by atomic mass is 9.81. The highest BCUT2D eigenvalue weighted by Gasteiger charge is 2.28. The van der Waals surface area contributed by atoms with Gasteiger partial charge in [0.25, 0.3) is 0 Å². The van der Waals surface area contributed by atoms with Crippen molar-refractivity contribution in [3.05, 3.63) is 12.2 Å². The maximum Gasteiger partial charge on any atom is 0.0788 e. The first-order valence-electron chi connectivity index (χ1n) is 5.60. The normalized spacial score (nSPS) is 23.1. The zero-order valence-corrected chi connectivity index (χ0v) is 9.46. The molecule has 0 heterocycles. The monoisotopic (exact) mass is 197 g/mol. The molecule has 1 aliphatic carbocycles. The third-order valence-electron chi connectivity index (χ3n) is 3.31. The van der Waals surface area contributed by atoms with Crippen LogP contribution in [0, 0.1) is 5.92 Å². The number of methoxy groups -OCH3 is 1. The smallest absolute Gasteiger partial charge is 0.0788 e. The van der Waals surface area contributed by atoms with E-state index in [9.17, 15) is 0 Å². The maximum atomic E-state index is 6.08. The van der Waals surface area contributed by atoms with Crippen LogP contribution in [0.2, 0.25) is 0 Å². The minimum atomic E-state index is 0.00287. The van der Waals surface area contributed by atoms with Gasteiger partial charge in [0.15, 0.2) is 0 Å². The molecule has 0 aliphatic heterocycles. The molecule has 0 radical (unpaired) electrons. The molecule has 0 saturated heterocycles. The number of hydrogen-bond donors (Lipinski definition) is 1. The van der Waals surface area contributed by atoms with E-state index < -0.39 is 0 Å². The first kappa shape index (κ1) is 11.7. The van der Waals surface area contributed by atoms with E-state index in [1.54, 1.807) is 7.11 Å². The summed E-state index contributed by atoms with van der Waals surface area (Å²) in [7, 11) is 1.77. The fraction of sp³-hybridized carbons (Fsp3) is 0.833. The van der Waals surface area contributed by atoms with Gasteiger partial charge in [0.05, 0.1) is 12.1 Å². The van der Waals surface area contributed by atoms with Crippen LogP contribution in [0.1, 0.15) is 39.0 Å². The molecule has 0 spiro atoms. The summed E-state index contributed by atoms with van der Waals surface area (Å²) in [5, 5.41) is 0. The third-order valence-corrected chi connectivity index (χ3v) is 3.31. The van der Waals surface area contributed by atoms with Gasteiger partial charge in [-0.15, -0.1) is 0 Å². The van der Waals surface area contributed by atoms with E-state index in [4.69, 9.17) is 10.5 Å². The Morgan fingerprint density at radius 3 is 2.36 bits per heavy atom. The Labute approximate surface area is 87.5 Å². The van der Waals surface area contributed by atoms with Crippen molar-refractivity contribution in [2.24, 2.45) is 11.7 Å². The molecule has 0 aromatic carbocycles. The van der Waals surface area contributed by atoms with Gasteiger partial charge in [-0.2, -0.15) is 0 Å². The second kappa shape index (κ2) is 5.52. The Kier molecular flexibility index (Phi) is 4.63. The molecule has 0 aromatic rings. The van der Waals surface area contributed by atoms with Crippen LogP contribution in [0.15, 0.2) is 12.2 Å². The molecule has 82 valence electrons. The molecule has 0 amide bonds. The summed E-state index contributed by atoms with van der Waals surface area (Å²) in [5.41, 5.74) is 7.11. The lowest BCUT2D eigenvalue weighted by Gasteiger charge is -2.33. The van der Waals surface area contributed by atoms with E-state index in [2.05, 4.69) is 6.58 Å². The molecule has 2 unspecified atom stereocenters. The summed E-state index contributed by atoms with van der Waals surface area (Å²) >= 11 is 0. The first-order valence-corrected chi connectivity index (χ1v) is 5.60. The number of rotatable bonds is 4. The highest BCUT2D eigenvalue weighted by Crippen LogP contribution is 2.29. The van der Waals surface area contributed by atoms with Gasteiger partial charge in [0.2, 0.25) is 0 Å².